The minimum atomic E-state index is -4.38. The highest BCUT2D eigenvalue weighted by Gasteiger charge is 2.29. The summed E-state index contributed by atoms with van der Waals surface area (Å²) in [6.45, 7) is 4.89. The summed E-state index contributed by atoms with van der Waals surface area (Å²) in [6.07, 6.45) is 0.276. The van der Waals surface area contributed by atoms with E-state index in [4.69, 9.17) is 0 Å². The molecule has 0 saturated heterocycles. The summed E-state index contributed by atoms with van der Waals surface area (Å²) in [5.41, 5.74) is 3.22. The lowest BCUT2D eigenvalue weighted by molar-refractivity contribution is -0.137. The molecule has 0 fully saturated rings. The van der Waals surface area contributed by atoms with E-state index in [-0.39, 0.29) is 5.91 Å². The van der Waals surface area contributed by atoms with Gasteiger partial charge in [0.1, 0.15) is 0 Å². The molecule has 162 valence electrons. The van der Waals surface area contributed by atoms with Gasteiger partial charge in [-0.05, 0) is 61.4 Å². The lowest BCUT2D eigenvalue weighted by Crippen LogP contribution is -2.08. The molecule has 31 heavy (non-hydrogen) atoms. The lowest BCUT2D eigenvalue weighted by atomic mass is 10.1. The first-order valence-corrected chi connectivity index (χ1v) is 10.1. The molecular formula is C24H24F3N3O. The molecule has 3 aromatic rings. The van der Waals surface area contributed by atoms with Crippen LogP contribution in [0.2, 0.25) is 0 Å². The monoisotopic (exact) mass is 427 g/mol. The number of benzene rings is 2. The topological polar surface area (TPSA) is 54.0 Å². The first-order valence-electron chi connectivity index (χ1n) is 10.1. The first-order chi connectivity index (χ1) is 14.8. The number of aryl methyl sites for hydroxylation is 1. The van der Waals surface area contributed by atoms with Crippen LogP contribution in [0.25, 0.3) is 17.0 Å². The van der Waals surface area contributed by atoms with Crippen molar-refractivity contribution >= 4 is 34.3 Å². The second kappa shape index (κ2) is 9.64. The summed E-state index contributed by atoms with van der Waals surface area (Å²) in [4.78, 5) is 17.0. The molecule has 7 heteroatoms. The van der Waals surface area contributed by atoms with Crippen molar-refractivity contribution in [2.24, 2.45) is 0 Å². The quantitative estimate of drug-likeness (QED) is 0.436. The molecule has 0 bridgehead atoms. The Hall–Kier alpha value is -3.35. The van der Waals surface area contributed by atoms with Crippen molar-refractivity contribution in [1.82, 2.24) is 4.98 Å². The smallest absolute Gasteiger partial charge is 0.385 e. The molecule has 1 amide bonds. The second-order valence-corrected chi connectivity index (χ2v) is 7.12. The molecule has 0 unspecified atom stereocenters. The fourth-order valence-corrected chi connectivity index (χ4v) is 3.22. The van der Waals surface area contributed by atoms with Gasteiger partial charge in [0, 0.05) is 35.1 Å². The Kier molecular flexibility index (Phi) is 6.95. The number of carbonyl (C=O) groups excluding carboxylic acids is 1. The van der Waals surface area contributed by atoms with Crippen molar-refractivity contribution in [1.29, 1.82) is 0 Å². The Balaban J connectivity index is 1.76. The Labute approximate surface area is 179 Å². The maximum Gasteiger partial charge on any atom is 0.416 e. The van der Waals surface area contributed by atoms with Crippen LogP contribution in [0, 0.1) is 0 Å². The van der Waals surface area contributed by atoms with Crippen LogP contribution in [0.3, 0.4) is 0 Å². The van der Waals surface area contributed by atoms with E-state index in [0.29, 0.717) is 11.3 Å². The molecular weight excluding hydrogens is 403 g/mol. The predicted octanol–water partition coefficient (Wildman–Crippen LogP) is 6.29. The number of aromatic nitrogens is 1. The van der Waals surface area contributed by atoms with Gasteiger partial charge in [-0.2, -0.15) is 13.2 Å². The number of carbonyl (C=O) groups is 1. The molecule has 0 spiro atoms. The maximum atomic E-state index is 12.6. The van der Waals surface area contributed by atoms with Gasteiger partial charge in [-0.15, -0.1) is 0 Å². The maximum absolute atomic E-state index is 12.6. The number of pyridine rings is 1. The van der Waals surface area contributed by atoms with Crippen LogP contribution in [0.1, 0.15) is 37.1 Å². The van der Waals surface area contributed by atoms with Gasteiger partial charge in [0.25, 0.3) is 0 Å². The average Bonchev–Trinajstić information content (AvgIpc) is 2.73. The third kappa shape index (κ3) is 5.84. The molecule has 4 nitrogen and oxygen atoms in total. The Bertz CT molecular complexity index is 1090. The van der Waals surface area contributed by atoms with Crippen LogP contribution in [0.4, 0.5) is 24.5 Å². The van der Waals surface area contributed by atoms with Gasteiger partial charge in [0.2, 0.25) is 5.91 Å². The molecule has 1 aromatic heterocycles. The van der Waals surface area contributed by atoms with E-state index in [1.54, 1.807) is 6.07 Å². The van der Waals surface area contributed by atoms with Crippen molar-refractivity contribution in [3.05, 3.63) is 71.4 Å². The van der Waals surface area contributed by atoms with Crippen molar-refractivity contribution in [3.8, 4) is 0 Å². The number of halogens is 3. The molecule has 2 N–H and O–H groups in total. The van der Waals surface area contributed by atoms with E-state index in [9.17, 15) is 18.0 Å². The zero-order chi connectivity index (χ0) is 22.4. The number of hydrogen-bond acceptors (Lipinski definition) is 3. The third-order valence-corrected chi connectivity index (χ3v) is 4.67. The standard InChI is InChI=1S/C24H24F3N3O/c1-3-5-18-15-22(28-4-2)20-14-19(11-12-21(20)29-18)30-23(31)13-8-16-6-9-17(10-7-16)24(25,26)27/h6-15H,3-5H2,1-2H3,(H,28,29)(H,30,31). The second-order valence-electron chi connectivity index (χ2n) is 7.12. The number of nitrogens with one attached hydrogen (secondary N) is 2. The van der Waals surface area contributed by atoms with Crippen LogP contribution in [0.15, 0.2) is 54.6 Å². The molecule has 1 heterocycles. The minimum absolute atomic E-state index is 0.375. The third-order valence-electron chi connectivity index (χ3n) is 4.67. The van der Waals surface area contributed by atoms with E-state index < -0.39 is 11.7 Å². The summed E-state index contributed by atoms with van der Waals surface area (Å²) < 4.78 is 37.9. The highest BCUT2D eigenvalue weighted by Crippen LogP contribution is 2.29. The average molecular weight is 427 g/mol. The molecule has 0 aliphatic carbocycles. The zero-order valence-corrected chi connectivity index (χ0v) is 17.4. The van der Waals surface area contributed by atoms with Gasteiger partial charge in [-0.3, -0.25) is 9.78 Å². The van der Waals surface area contributed by atoms with Gasteiger partial charge in [0.05, 0.1) is 11.1 Å². The predicted molar refractivity (Wildman–Crippen MR) is 119 cm³/mol. The van der Waals surface area contributed by atoms with Crippen LogP contribution in [0.5, 0.6) is 0 Å². The summed E-state index contributed by atoms with van der Waals surface area (Å²) in [5, 5.41) is 7.04. The largest absolute Gasteiger partial charge is 0.416 e. The number of anilines is 2. The van der Waals surface area contributed by atoms with E-state index in [0.717, 1.165) is 53.8 Å². The van der Waals surface area contributed by atoms with E-state index in [1.165, 1.54) is 24.3 Å². The highest BCUT2D eigenvalue weighted by molar-refractivity contribution is 6.04. The fraction of sp³-hybridized carbons (Fsp3) is 0.250. The van der Waals surface area contributed by atoms with E-state index in [2.05, 4.69) is 22.5 Å². The summed E-state index contributed by atoms with van der Waals surface area (Å²) in [6, 6.07) is 12.2. The van der Waals surface area contributed by atoms with Crippen LogP contribution in [-0.4, -0.2) is 17.4 Å². The molecule has 3 rings (SSSR count). The molecule has 0 aliphatic rings. The van der Waals surface area contributed by atoms with Crippen molar-refractivity contribution in [2.75, 3.05) is 17.2 Å². The minimum Gasteiger partial charge on any atom is -0.385 e. The van der Waals surface area contributed by atoms with E-state index >= 15 is 0 Å². The lowest BCUT2D eigenvalue weighted by Gasteiger charge is -2.12. The van der Waals surface area contributed by atoms with Gasteiger partial charge >= 0.3 is 6.18 Å². The van der Waals surface area contributed by atoms with Gasteiger partial charge in [0.15, 0.2) is 0 Å². The van der Waals surface area contributed by atoms with Crippen LogP contribution >= 0.6 is 0 Å². The summed E-state index contributed by atoms with van der Waals surface area (Å²) in [5.74, 6) is -0.375. The van der Waals surface area contributed by atoms with Crippen molar-refractivity contribution in [3.63, 3.8) is 0 Å². The SMILES string of the molecule is CCCc1cc(NCC)c2cc(NC(=O)C=Cc3ccc(C(F)(F)F)cc3)ccc2n1. The number of hydrogen-bond donors (Lipinski definition) is 2. The molecule has 0 radical (unpaired) electrons. The molecule has 0 atom stereocenters. The molecule has 2 aromatic carbocycles. The molecule has 0 saturated carbocycles. The highest BCUT2D eigenvalue weighted by atomic mass is 19.4. The van der Waals surface area contributed by atoms with Gasteiger partial charge in [-0.25, -0.2) is 0 Å². The van der Waals surface area contributed by atoms with Crippen LogP contribution in [-0.2, 0) is 17.4 Å². The Morgan fingerprint density at radius 3 is 2.45 bits per heavy atom. The summed E-state index contributed by atoms with van der Waals surface area (Å²) in [7, 11) is 0. The number of amides is 1. The number of nitrogens with zero attached hydrogens (tertiary/aromatic N) is 1. The fourth-order valence-electron chi connectivity index (χ4n) is 3.22. The normalized spacial score (nSPS) is 11.8. The first kappa shape index (κ1) is 22.3. The summed E-state index contributed by atoms with van der Waals surface area (Å²) >= 11 is 0. The number of alkyl halides is 3. The Morgan fingerprint density at radius 1 is 1.06 bits per heavy atom. The van der Waals surface area contributed by atoms with Crippen molar-refractivity contribution in [2.45, 2.75) is 32.9 Å². The van der Waals surface area contributed by atoms with Crippen LogP contribution < -0.4 is 10.6 Å². The van der Waals surface area contributed by atoms with E-state index in [1.807, 2.05) is 25.1 Å². The number of fused-ring (bicyclic) bond motifs is 1. The zero-order valence-electron chi connectivity index (χ0n) is 17.4. The van der Waals surface area contributed by atoms with Crippen molar-refractivity contribution < 1.29 is 18.0 Å². The van der Waals surface area contributed by atoms with Gasteiger partial charge in [-0.1, -0.05) is 25.5 Å². The van der Waals surface area contributed by atoms with Gasteiger partial charge < -0.3 is 10.6 Å². The number of rotatable bonds is 7. The Morgan fingerprint density at radius 2 is 1.81 bits per heavy atom. The molecule has 0 aliphatic heterocycles.